The number of ether oxygens (including phenoxy) is 1. The van der Waals surface area contributed by atoms with Crippen molar-refractivity contribution in [2.45, 2.75) is 64.1 Å². The molecule has 1 fully saturated rings. The van der Waals surface area contributed by atoms with E-state index in [0.29, 0.717) is 37.7 Å². The van der Waals surface area contributed by atoms with E-state index in [-0.39, 0.29) is 42.6 Å². The van der Waals surface area contributed by atoms with Crippen molar-refractivity contribution in [2.75, 3.05) is 19.6 Å². The molecule has 0 spiro atoms. The summed E-state index contributed by atoms with van der Waals surface area (Å²) in [4.78, 5) is 16.2. The lowest BCUT2D eigenvalue weighted by Gasteiger charge is -2.19. The van der Waals surface area contributed by atoms with Crippen LogP contribution >= 0.6 is 24.0 Å². The minimum absolute atomic E-state index is 0. The molecule has 1 aliphatic carbocycles. The number of aliphatic hydroxyl groups is 1. The summed E-state index contributed by atoms with van der Waals surface area (Å²) in [6, 6.07) is 3.47. The van der Waals surface area contributed by atoms with Gasteiger partial charge in [0.2, 0.25) is 0 Å². The summed E-state index contributed by atoms with van der Waals surface area (Å²) in [6.07, 6.45) is 7.03. The summed E-state index contributed by atoms with van der Waals surface area (Å²) in [5, 5.41) is 16.8. The molecule has 7 nitrogen and oxygen atoms in total. The van der Waals surface area contributed by atoms with Crippen LogP contribution in [0.4, 0.5) is 0 Å². The highest BCUT2D eigenvalue weighted by atomic mass is 127. The van der Waals surface area contributed by atoms with E-state index in [4.69, 9.17) is 9.15 Å². The van der Waals surface area contributed by atoms with Crippen molar-refractivity contribution in [3.05, 3.63) is 24.2 Å². The lowest BCUT2D eigenvalue weighted by Crippen LogP contribution is -2.39. The largest absolute Gasteiger partial charge is 0.466 e. The standard InChI is InChI=1S/C19H31N3O4.HI/c1-3-20-18(22-14-19(2,24)16-10-7-13-25-16)21-12-6-11-17(23)26-15-8-4-5-9-15;/h7,10,13,15,24H,3-6,8-9,11-12,14H2,1-2H3,(H2,20,21,22);1H. The summed E-state index contributed by atoms with van der Waals surface area (Å²) < 4.78 is 10.7. The summed E-state index contributed by atoms with van der Waals surface area (Å²) in [6.45, 7) is 5.12. The van der Waals surface area contributed by atoms with Crippen molar-refractivity contribution >= 4 is 35.9 Å². The van der Waals surface area contributed by atoms with Crippen LogP contribution in [0.5, 0.6) is 0 Å². The van der Waals surface area contributed by atoms with Crippen molar-refractivity contribution in [1.82, 2.24) is 10.6 Å². The fraction of sp³-hybridized carbons (Fsp3) is 0.684. The third-order valence-electron chi connectivity index (χ3n) is 4.39. The van der Waals surface area contributed by atoms with Crippen LogP contribution in [0.1, 0.15) is 58.1 Å². The quantitative estimate of drug-likeness (QED) is 0.161. The molecule has 0 aromatic carbocycles. The van der Waals surface area contributed by atoms with E-state index < -0.39 is 5.60 Å². The minimum Gasteiger partial charge on any atom is -0.466 e. The average Bonchev–Trinajstić information content (AvgIpc) is 3.30. The van der Waals surface area contributed by atoms with Crippen molar-refractivity contribution in [3.63, 3.8) is 0 Å². The van der Waals surface area contributed by atoms with E-state index in [0.717, 1.165) is 25.7 Å². The molecule has 0 bridgehead atoms. The maximum atomic E-state index is 11.8. The van der Waals surface area contributed by atoms with Crippen LogP contribution in [0, 0.1) is 0 Å². The summed E-state index contributed by atoms with van der Waals surface area (Å²) in [5.41, 5.74) is -1.17. The minimum atomic E-state index is -1.17. The Hall–Kier alpha value is -1.29. The number of furan rings is 1. The molecule has 1 aromatic rings. The third-order valence-corrected chi connectivity index (χ3v) is 4.39. The number of rotatable bonds is 9. The topological polar surface area (TPSA) is 96.1 Å². The van der Waals surface area contributed by atoms with Crippen LogP contribution in [-0.4, -0.2) is 42.8 Å². The third kappa shape index (κ3) is 8.50. The van der Waals surface area contributed by atoms with Gasteiger partial charge in [-0.15, -0.1) is 24.0 Å². The summed E-state index contributed by atoms with van der Waals surface area (Å²) in [5.74, 6) is 0.955. The Bertz CT molecular complexity index is 570. The Kier molecular flexibility index (Phi) is 10.8. The van der Waals surface area contributed by atoms with Crippen LogP contribution < -0.4 is 10.6 Å². The SMILES string of the molecule is CCNC(=NCC(C)(O)c1ccco1)NCCCC(=O)OC1CCCC1.I. The van der Waals surface area contributed by atoms with Gasteiger partial charge in [0.25, 0.3) is 0 Å². The highest BCUT2D eigenvalue weighted by Crippen LogP contribution is 2.22. The van der Waals surface area contributed by atoms with Gasteiger partial charge in [-0.3, -0.25) is 4.79 Å². The molecule has 1 unspecified atom stereocenters. The van der Waals surface area contributed by atoms with E-state index in [1.807, 2.05) is 6.92 Å². The highest BCUT2D eigenvalue weighted by Gasteiger charge is 2.26. The zero-order valence-corrected chi connectivity index (χ0v) is 18.5. The molecule has 1 aliphatic rings. The molecular formula is C19H32IN3O4. The van der Waals surface area contributed by atoms with E-state index in [1.54, 1.807) is 19.1 Å². The first-order valence-corrected chi connectivity index (χ1v) is 9.49. The first-order chi connectivity index (χ1) is 12.5. The molecule has 0 saturated heterocycles. The second-order valence-electron chi connectivity index (χ2n) is 6.87. The van der Waals surface area contributed by atoms with E-state index in [2.05, 4.69) is 15.6 Å². The van der Waals surface area contributed by atoms with Crippen molar-refractivity contribution in [1.29, 1.82) is 0 Å². The number of aliphatic imine (C=N–C) groups is 1. The Morgan fingerprint density at radius 1 is 1.41 bits per heavy atom. The van der Waals surface area contributed by atoms with Gasteiger partial charge in [-0.05, 0) is 58.1 Å². The number of halogens is 1. The van der Waals surface area contributed by atoms with Gasteiger partial charge in [-0.2, -0.15) is 0 Å². The molecule has 27 heavy (non-hydrogen) atoms. The zero-order valence-electron chi connectivity index (χ0n) is 16.2. The first-order valence-electron chi connectivity index (χ1n) is 9.49. The Balaban J connectivity index is 0.00000364. The number of nitrogens with one attached hydrogen (secondary N) is 2. The molecule has 154 valence electrons. The second-order valence-corrected chi connectivity index (χ2v) is 6.87. The van der Waals surface area contributed by atoms with Gasteiger partial charge < -0.3 is 24.9 Å². The fourth-order valence-electron chi connectivity index (χ4n) is 2.93. The van der Waals surface area contributed by atoms with Crippen molar-refractivity contribution in [2.24, 2.45) is 4.99 Å². The number of hydrogen-bond donors (Lipinski definition) is 3. The van der Waals surface area contributed by atoms with Crippen molar-refractivity contribution < 1.29 is 19.1 Å². The van der Waals surface area contributed by atoms with Crippen LogP contribution in [0.3, 0.4) is 0 Å². The Morgan fingerprint density at radius 3 is 2.78 bits per heavy atom. The molecule has 1 aromatic heterocycles. The van der Waals surface area contributed by atoms with Gasteiger partial charge in [0.1, 0.15) is 17.5 Å². The maximum Gasteiger partial charge on any atom is 0.306 e. The number of esters is 1. The van der Waals surface area contributed by atoms with Gasteiger partial charge >= 0.3 is 5.97 Å². The van der Waals surface area contributed by atoms with Crippen LogP contribution in [-0.2, 0) is 15.1 Å². The van der Waals surface area contributed by atoms with E-state index >= 15 is 0 Å². The smallest absolute Gasteiger partial charge is 0.306 e. The fourth-order valence-corrected chi connectivity index (χ4v) is 2.93. The molecule has 3 N–H and O–H groups in total. The first kappa shape index (κ1) is 23.7. The predicted octanol–water partition coefficient (Wildman–Crippen LogP) is 2.93. The lowest BCUT2D eigenvalue weighted by molar-refractivity contribution is -0.148. The number of hydrogen-bond acceptors (Lipinski definition) is 5. The predicted molar refractivity (Wildman–Crippen MR) is 115 cm³/mol. The Morgan fingerprint density at radius 2 is 2.15 bits per heavy atom. The second kappa shape index (κ2) is 12.2. The Labute approximate surface area is 178 Å². The van der Waals surface area contributed by atoms with Crippen LogP contribution in [0.2, 0.25) is 0 Å². The number of nitrogens with zero attached hydrogens (tertiary/aromatic N) is 1. The van der Waals surface area contributed by atoms with E-state index in [1.165, 1.54) is 6.26 Å². The number of guanidine groups is 1. The molecule has 2 rings (SSSR count). The molecule has 0 amide bonds. The molecule has 0 radical (unpaired) electrons. The van der Waals surface area contributed by atoms with Gasteiger partial charge in [-0.25, -0.2) is 4.99 Å². The number of carbonyl (C=O) groups is 1. The van der Waals surface area contributed by atoms with E-state index in [9.17, 15) is 9.90 Å². The molecule has 1 heterocycles. The lowest BCUT2D eigenvalue weighted by atomic mass is 10.0. The normalized spacial score (nSPS) is 17.1. The van der Waals surface area contributed by atoms with Gasteiger partial charge in [-0.1, -0.05) is 0 Å². The highest BCUT2D eigenvalue weighted by molar-refractivity contribution is 14.0. The molecule has 1 atom stereocenters. The summed E-state index contributed by atoms with van der Waals surface area (Å²) >= 11 is 0. The van der Waals surface area contributed by atoms with Crippen LogP contribution in [0.25, 0.3) is 0 Å². The maximum absolute atomic E-state index is 11.8. The summed E-state index contributed by atoms with van der Waals surface area (Å²) in [7, 11) is 0. The molecular weight excluding hydrogens is 461 g/mol. The number of carbonyl (C=O) groups excluding carboxylic acids is 1. The molecule has 0 aliphatic heterocycles. The molecule has 1 saturated carbocycles. The van der Waals surface area contributed by atoms with Gasteiger partial charge in [0.05, 0.1) is 12.8 Å². The van der Waals surface area contributed by atoms with Gasteiger partial charge in [0.15, 0.2) is 5.96 Å². The molecule has 8 heteroatoms. The zero-order chi connectivity index (χ0) is 18.8. The average molecular weight is 493 g/mol. The van der Waals surface area contributed by atoms with Crippen molar-refractivity contribution in [3.8, 4) is 0 Å². The monoisotopic (exact) mass is 493 g/mol. The van der Waals surface area contributed by atoms with Gasteiger partial charge in [0, 0.05) is 19.5 Å². The van der Waals surface area contributed by atoms with Crippen LogP contribution in [0.15, 0.2) is 27.8 Å².